The molecule has 0 aliphatic heterocycles. The molecule has 0 saturated heterocycles. The van der Waals surface area contributed by atoms with E-state index in [0.29, 0.717) is 29.7 Å². The molecule has 1 saturated carbocycles. The van der Waals surface area contributed by atoms with Crippen molar-refractivity contribution in [2.45, 2.75) is 31.1 Å². The Balaban J connectivity index is 1.98. The highest BCUT2D eigenvalue weighted by molar-refractivity contribution is 6.48. The van der Waals surface area contributed by atoms with Gasteiger partial charge in [-0.05, 0) is 30.9 Å². The van der Waals surface area contributed by atoms with E-state index in [0.717, 1.165) is 6.42 Å². The first-order valence-corrected chi connectivity index (χ1v) is 8.37. The van der Waals surface area contributed by atoms with Crippen LogP contribution in [0.2, 0.25) is 15.1 Å². The summed E-state index contributed by atoms with van der Waals surface area (Å²) in [4.78, 5) is 12.1. The van der Waals surface area contributed by atoms with E-state index in [2.05, 4.69) is 0 Å². The number of hydrogen-bond acceptors (Lipinski definition) is 3. The highest BCUT2D eigenvalue weighted by atomic mass is 35.5. The van der Waals surface area contributed by atoms with Gasteiger partial charge in [-0.25, -0.2) is 0 Å². The Morgan fingerprint density at radius 1 is 1.00 bits per heavy atom. The maximum atomic E-state index is 12.1. The first-order valence-electron chi connectivity index (χ1n) is 7.24. The number of benzene rings is 1. The number of ketones is 1. The van der Waals surface area contributed by atoms with Gasteiger partial charge in [-0.3, -0.25) is 9.36 Å². The molecule has 0 unspecified atom stereocenters. The van der Waals surface area contributed by atoms with Crippen molar-refractivity contribution in [1.29, 1.82) is 0 Å². The lowest BCUT2D eigenvalue weighted by atomic mass is 9.67. The summed E-state index contributed by atoms with van der Waals surface area (Å²) in [5.74, 6) is -0.467. The Bertz CT molecular complexity index is 836. The Kier molecular flexibility index (Phi) is 3.34. The predicted molar refractivity (Wildman–Crippen MR) is 88.5 cm³/mol. The summed E-state index contributed by atoms with van der Waals surface area (Å²) in [5, 5.41) is 21.9. The molecule has 2 N–H and O–H groups in total. The van der Waals surface area contributed by atoms with E-state index in [1.165, 1.54) is 16.7 Å². The number of fused-ring (bicyclic) bond motifs is 2. The second-order valence-electron chi connectivity index (χ2n) is 6.03. The molecule has 1 aromatic carbocycles. The normalized spacial score (nSPS) is 22.5. The second kappa shape index (κ2) is 5.07. The standard InChI is InChI=1S/C16H12Cl3NO3/c17-9-4-7(5-10(18)14(9)19)20-15(22)12-6-1-2-8(11(21)3-6)13(12)16(20)23/h4-6,8,22-23H,1-3H2/t6-,8+/m0/s1. The summed E-state index contributed by atoms with van der Waals surface area (Å²) in [6.07, 6.45) is 1.95. The van der Waals surface area contributed by atoms with Crippen molar-refractivity contribution in [2.24, 2.45) is 0 Å². The van der Waals surface area contributed by atoms with Gasteiger partial charge in [-0.15, -0.1) is 0 Å². The minimum Gasteiger partial charge on any atom is -0.494 e. The molecule has 2 bridgehead atoms. The summed E-state index contributed by atoms with van der Waals surface area (Å²) in [5.41, 5.74) is 1.61. The molecule has 3 aliphatic carbocycles. The number of Topliss-reactive ketones (excluding diaryl/α,β-unsaturated/α-hetero) is 1. The van der Waals surface area contributed by atoms with Gasteiger partial charge in [0.2, 0.25) is 11.8 Å². The van der Waals surface area contributed by atoms with Crippen molar-refractivity contribution in [3.05, 3.63) is 38.3 Å². The lowest BCUT2D eigenvalue weighted by Crippen LogP contribution is -2.28. The van der Waals surface area contributed by atoms with Crippen LogP contribution in [-0.2, 0) is 4.79 Å². The number of halogens is 3. The fourth-order valence-corrected chi connectivity index (χ4v) is 4.40. The number of hydrogen-bond donors (Lipinski definition) is 2. The van der Waals surface area contributed by atoms with Crippen LogP contribution in [0.1, 0.15) is 42.2 Å². The van der Waals surface area contributed by atoms with Gasteiger partial charge < -0.3 is 10.2 Å². The molecule has 2 atom stereocenters. The van der Waals surface area contributed by atoms with E-state index in [9.17, 15) is 15.0 Å². The highest BCUT2D eigenvalue weighted by Crippen LogP contribution is 2.56. The molecule has 0 amide bonds. The van der Waals surface area contributed by atoms with Crippen molar-refractivity contribution in [3.63, 3.8) is 0 Å². The molecule has 4 nitrogen and oxygen atoms in total. The molecule has 7 heteroatoms. The maximum Gasteiger partial charge on any atom is 0.202 e. The number of aromatic hydroxyl groups is 2. The van der Waals surface area contributed by atoms with E-state index in [1.54, 1.807) is 0 Å². The minimum atomic E-state index is -0.347. The number of carbonyl (C=O) groups is 1. The van der Waals surface area contributed by atoms with Crippen LogP contribution in [-0.4, -0.2) is 20.6 Å². The van der Waals surface area contributed by atoms with Crippen molar-refractivity contribution in [3.8, 4) is 17.4 Å². The van der Waals surface area contributed by atoms with Crippen LogP contribution in [0.25, 0.3) is 5.69 Å². The summed E-state index contributed by atoms with van der Waals surface area (Å²) in [6.45, 7) is 0. The maximum absolute atomic E-state index is 12.1. The van der Waals surface area contributed by atoms with E-state index < -0.39 is 0 Å². The van der Waals surface area contributed by atoms with Crippen LogP contribution in [0.4, 0.5) is 0 Å². The zero-order chi connectivity index (χ0) is 16.5. The average Bonchev–Trinajstić information content (AvgIpc) is 2.78. The van der Waals surface area contributed by atoms with Gasteiger partial charge in [0.1, 0.15) is 5.78 Å². The molecule has 0 radical (unpaired) electrons. The summed E-state index contributed by atoms with van der Waals surface area (Å²) in [7, 11) is 0. The van der Waals surface area contributed by atoms with Crippen molar-refractivity contribution in [2.75, 3.05) is 0 Å². The SMILES string of the molecule is O=C1C[C@@H]2CC[C@H]1c1c2c(O)n(-c2cc(Cl)c(Cl)c(Cl)c2)c1O. The third-order valence-electron chi connectivity index (χ3n) is 4.82. The molecule has 23 heavy (non-hydrogen) atoms. The smallest absolute Gasteiger partial charge is 0.202 e. The second-order valence-corrected chi connectivity index (χ2v) is 7.22. The predicted octanol–water partition coefficient (Wildman–Crippen LogP) is 4.78. The van der Waals surface area contributed by atoms with E-state index in [-0.39, 0.29) is 44.4 Å². The monoisotopic (exact) mass is 371 g/mol. The van der Waals surface area contributed by atoms with Crippen molar-refractivity contribution >= 4 is 40.6 Å². The molecular formula is C16H12Cl3NO3. The van der Waals surface area contributed by atoms with E-state index in [4.69, 9.17) is 34.8 Å². The van der Waals surface area contributed by atoms with Crippen LogP contribution in [0.5, 0.6) is 11.8 Å². The lowest BCUT2D eigenvalue weighted by Gasteiger charge is -2.34. The molecule has 1 aromatic heterocycles. The van der Waals surface area contributed by atoms with Crippen molar-refractivity contribution < 1.29 is 15.0 Å². The van der Waals surface area contributed by atoms with Gasteiger partial charge in [0.05, 0.1) is 20.8 Å². The van der Waals surface area contributed by atoms with Crippen LogP contribution in [0.3, 0.4) is 0 Å². The lowest BCUT2D eigenvalue weighted by molar-refractivity contribution is -0.123. The molecule has 5 rings (SSSR count). The molecule has 120 valence electrons. The largest absolute Gasteiger partial charge is 0.494 e. The van der Waals surface area contributed by atoms with Gasteiger partial charge in [0.15, 0.2) is 0 Å². The Morgan fingerprint density at radius 3 is 2.22 bits per heavy atom. The Labute approximate surface area is 147 Å². The topological polar surface area (TPSA) is 62.5 Å². The first-order chi connectivity index (χ1) is 10.9. The van der Waals surface area contributed by atoms with Gasteiger partial charge in [0.25, 0.3) is 0 Å². The van der Waals surface area contributed by atoms with Gasteiger partial charge in [0, 0.05) is 23.5 Å². The molecular weight excluding hydrogens is 361 g/mol. The molecule has 1 fully saturated rings. The summed E-state index contributed by atoms with van der Waals surface area (Å²) in [6, 6.07) is 3.04. The third-order valence-corrected chi connectivity index (χ3v) is 6.02. The summed E-state index contributed by atoms with van der Waals surface area (Å²) < 4.78 is 1.28. The average molecular weight is 373 g/mol. The fourth-order valence-electron chi connectivity index (χ4n) is 3.81. The number of carbonyl (C=O) groups excluding carboxylic acids is 1. The summed E-state index contributed by atoms with van der Waals surface area (Å²) >= 11 is 18.0. The first kappa shape index (κ1) is 15.2. The third kappa shape index (κ3) is 2.02. The van der Waals surface area contributed by atoms with E-state index >= 15 is 0 Å². The molecule has 2 aromatic rings. The number of rotatable bonds is 1. The van der Waals surface area contributed by atoms with Crippen LogP contribution in [0, 0.1) is 0 Å². The number of nitrogens with zero attached hydrogens (tertiary/aromatic N) is 1. The van der Waals surface area contributed by atoms with Gasteiger partial charge in [-0.2, -0.15) is 0 Å². The Hall–Kier alpha value is -1.36. The highest BCUT2D eigenvalue weighted by Gasteiger charge is 2.45. The molecule has 1 heterocycles. The number of aromatic nitrogens is 1. The van der Waals surface area contributed by atoms with Crippen LogP contribution >= 0.6 is 34.8 Å². The fraction of sp³-hybridized carbons (Fsp3) is 0.312. The zero-order valence-electron chi connectivity index (χ0n) is 11.8. The van der Waals surface area contributed by atoms with E-state index in [1.807, 2.05) is 0 Å². The van der Waals surface area contributed by atoms with Gasteiger partial charge >= 0.3 is 0 Å². The quantitative estimate of drug-likeness (QED) is 0.708. The Morgan fingerprint density at radius 2 is 1.61 bits per heavy atom. The van der Waals surface area contributed by atoms with Crippen LogP contribution in [0.15, 0.2) is 12.1 Å². The minimum absolute atomic E-state index is 0.0482. The molecule has 0 spiro atoms. The van der Waals surface area contributed by atoms with Crippen LogP contribution < -0.4 is 0 Å². The zero-order valence-corrected chi connectivity index (χ0v) is 14.1. The van der Waals surface area contributed by atoms with Gasteiger partial charge in [-0.1, -0.05) is 34.8 Å². The van der Waals surface area contributed by atoms with Crippen molar-refractivity contribution in [1.82, 2.24) is 4.57 Å². The molecule has 3 aliphatic rings.